The maximum atomic E-state index is 10.8. The monoisotopic (exact) mass is 251 g/mol. The lowest BCUT2D eigenvalue weighted by Gasteiger charge is -2.28. The molecular weight excluding hydrogens is 238 g/mol. The van der Waals surface area contributed by atoms with E-state index in [0.717, 1.165) is 25.2 Å². The normalized spacial score (nSPS) is 15.6. The molecule has 1 aliphatic heterocycles. The average molecular weight is 252 g/mol. The summed E-state index contributed by atoms with van der Waals surface area (Å²) in [6, 6.07) is 4.87. The van der Waals surface area contributed by atoms with Crippen LogP contribution in [0.3, 0.4) is 0 Å². The van der Waals surface area contributed by atoms with Gasteiger partial charge in [0.05, 0.1) is 16.3 Å². The molecule has 90 valence electrons. The lowest BCUT2D eigenvalue weighted by molar-refractivity contribution is 0.0697. The number of aromatic carboxylic acids is 1. The summed E-state index contributed by atoms with van der Waals surface area (Å²) in [5, 5.41) is 9.36. The third-order valence-electron chi connectivity index (χ3n) is 2.97. The SMILES string of the molecule is CC1=CCN(c2ccc(C(=O)O)cc2Cl)CC1. The highest BCUT2D eigenvalue weighted by atomic mass is 35.5. The number of hydrogen-bond acceptors (Lipinski definition) is 2. The second-order valence-corrected chi connectivity index (χ2v) is 4.63. The number of benzene rings is 1. The molecule has 1 aliphatic rings. The van der Waals surface area contributed by atoms with Crippen LogP contribution in [-0.2, 0) is 0 Å². The predicted octanol–water partition coefficient (Wildman–Crippen LogP) is 3.19. The van der Waals surface area contributed by atoms with E-state index in [4.69, 9.17) is 16.7 Å². The number of carboxylic acid groups (broad SMARTS) is 1. The number of carbonyl (C=O) groups is 1. The first-order chi connectivity index (χ1) is 8.08. The fourth-order valence-corrected chi connectivity index (χ4v) is 2.19. The molecule has 0 saturated heterocycles. The second-order valence-electron chi connectivity index (χ2n) is 4.22. The quantitative estimate of drug-likeness (QED) is 0.821. The molecule has 0 amide bonds. The van der Waals surface area contributed by atoms with Gasteiger partial charge >= 0.3 is 5.97 Å². The number of rotatable bonds is 2. The highest BCUT2D eigenvalue weighted by Crippen LogP contribution is 2.28. The van der Waals surface area contributed by atoms with Gasteiger partial charge in [-0.1, -0.05) is 23.3 Å². The van der Waals surface area contributed by atoms with E-state index in [-0.39, 0.29) is 5.56 Å². The molecule has 3 nitrogen and oxygen atoms in total. The predicted molar refractivity (Wildman–Crippen MR) is 69.0 cm³/mol. The Kier molecular flexibility index (Phi) is 3.38. The maximum absolute atomic E-state index is 10.8. The third kappa shape index (κ3) is 2.61. The molecule has 4 heteroatoms. The van der Waals surface area contributed by atoms with E-state index in [0.29, 0.717) is 5.02 Å². The van der Waals surface area contributed by atoms with Gasteiger partial charge in [0.1, 0.15) is 0 Å². The summed E-state index contributed by atoms with van der Waals surface area (Å²) < 4.78 is 0. The molecule has 0 fully saturated rings. The van der Waals surface area contributed by atoms with Crippen molar-refractivity contribution in [2.45, 2.75) is 13.3 Å². The smallest absolute Gasteiger partial charge is 0.335 e. The summed E-state index contributed by atoms with van der Waals surface area (Å²) >= 11 is 6.12. The summed E-state index contributed by atoms with van der Waals surface area (Å²) in [6.45, 7) is 3.87. The van der Waals surface area contributed by atoms with Crippen molar-refractivity contribution >= 4 is 23.3 Å². The summed E-state index contributed by atoms with van der Waals surface area (Å²) in [4.78, 5) is 13.0. The number of hydrogen-bond donors (Lipinski definition) is 1. The number of nitrogens with zero attached hydrogens (tertiary/aromatic N) is 1. The lowest BCUT2D eigenvalue weighted by atomic mass is 10.1. The fraction of sp³-hybridized carbons (Fsp3) is 0.308. The summed E-state index contributed by atoms with van der Waals surface area (Å²) in [6.07, 6.45) is 3.20. The van der Waals surface area contributed by atoms with Crippen molar-refractivity contribution < 1.29 is 9.90 Å². The fourth-order valence-electron chi connectivity index (χ4n) is 1.89. The zero-order valence-electron chi connectivity index (χ0n) is 9.61. The first-order valence-corrected chi connectivity index (χ1v) is 5.89. The topological polar surface area (TPSA) is 40.5 Å². The number of carboxylic acids is 1. The molecule has 0 aliphatic carbocycles. The first-order valence-electron chi connectivity index (χ1n) is 5.51. The van der Waals surface area contributed by atoms with Crippen molar-refractivity contribution in [3.05, 3.63) is 40.4 Å². The summed E-state index contributed by atoms with van der Waals surface area (Å²) in [5.41, 5.74) is 2.52. The molecule has 1 aromatic rings. The molecule has 0 aromatic heterocycles. The van der Waals surface area contributed by atoms with E-state index in [1.807, 2.05) is 0 Å². The van der Waals surface area contributed by atoms with Crippen molar-refractivity contribution in [2.24, 2.45) is 0 Å². The van der Waals surface area contributed by atoms with E-state index in [9.17, 15) is 4.79 Å². The van der Waals surface area contributed by atoms with Crippen LogP contribution in [0.2, 0.25) is 5.02 Å². The Labute approximate surface area is 105 Å². The first kappa shape index (κ1) is 12.0. The number of halogens is 1. The van der Waals surface area contributed by atoms with Gasteiger partial charge in [-0.3, -0.25) is 0 Å². The minimum atomic E-state index is -0.951. The Morgan fingerprint density at radius 1 is 1.47 bits per heavy atom. The van der Waals surface area contributed by atoms with E-state index in [1.165, 1.54) is 11.6 Å². The molecule has 0 bridgehead atoms. The molecule has 0 saturated carbocycles. The zero-order chi connectivity index (χ0) is 12.4. The van der Waals surface area contributed by atoms with E-state index in [1.54, 1.807) is 12.1 Å². The molecule has 1 aromatic carbocycles. The van der Waals surface area contributed by atoms with Crippen molar-refractivity contribution in [3.63, 3.8) is 0 Å². The third-order valence-corrected chi connectivity index (χ3v) is 3.27. The molecule has 1 heterocycles. The Morgan fingerprint density at radius 2 is 2.24 bits per heavy atom. The van der Waals surface area contributed by atoms with Crippen LogP contribution >= 0.6 is 11.6 Å². The van der Waals surface area contributed by atoms with Crippen LogP contribution in [0.1, 0.15) is 23.7 Å². The Balaban J connectivity index is 2.25. The largest absolute Gasteiger partial charge is 0.478 e. The zero-order valence-corrected chi connectivity index (χ0v) is 10.4. The van der Waals surface area contributed by atoms with Crippen LogP contribution in [0.15, 0.2) is 29.8 Å². The van der Waals surface area contributed by atoms with Crippen LogP contribution in [0.5, 0.6) is 0 Å². The van der Waals surface area contributed by atoms with Crippen LogP contribution in [0, 0.1) is 0 Å². The van der Waals surface area contributed by atoms with Gasteiger partial charge in [0.25, 0.3) is 0 Å². The van der Waals surface area contributed by atoms with Crippen LogP contribution < -0.4 is 4.90 Å². The lowest BCUT2D eigenvalue weighted by Crippen LogP contribution is -2.28. The van der Waals surface area contributed by atoms with Gasteiger partial charge < -0.3 is 10.0 Å². The highest BCUT2D eigenvalue weighted by Gasteiger charge is 2.14. The molecule has 2 rings (SSSR count). The molecule has 0 spiro atoms. The van der Waals surface area contributed by atoms with Crippen LogP contribution in [-0.4, -0.2) is 24.2 Å². The maximum Gasteiger partial charge on any atom is 0.335 e. The average Bonchev–Trinajstić information content (AvgIpc) is 2.30. The van der Waals surface area contributed by atoms with E-state index in [2.05, 4.69) is 17.9 Å². The van der Waals surface area contributed by atoms with Crippen molar-refractivity contribution in [2.75, 3.05) is 18.0 Å². The highest BCUT2D eigenvalue weighted by molar-refractivity contribution is 6.33. The molecular formula is C13H14ClNO2. The van der Waals surface area contributed by atoms with Crippen LogP contribution in [0.4, 0.5) is 5.69 Å². The molecule has 0 atom stereocenters. The molecule has 1 N–H and O–H groups in total. The Morgan fingerprint density at radius 3 is 2.76 bits per heavy atom. The van der Waals surface area contributed by atoms with Crippen molar-refractivity contribution in [1.29, 1.82) is 0 Å². The van der Waals surface area contributed by atoms with Gasteiger partial charge in [0.2, 0.25) is 0 Å². The van der Waals surface area contributed by atoms with Gasteiger partial charge in [0, 0.05) is 13.1 Å². The standard InChI is InChI=1S/C13H14ClNO2/c1-9-4-6-15(7-5-9)12-3-2-10(13(16)17)8-11(12)14/h2-4,8H,5-7H2,1H3,(H,16,17). The Bertz CT molecular complexity index is 482. The molecule has 0 unspecified atom stereocenters. The van der Waals surface area contributed by atoms with Crippen LogP contribution in [0.25, 0.3) is 0 Å². The second kappa shape index (κ2) is 4.80. The van der Waals surface area contributed by atoms with Gasteiger partial charge in [-0.25, -0.2) is 4.79 Å². The van der Waals surface area contributed by atoms with Gasteiger partial charge in [-0.05, 0) is 31.5 Å². The minimum absolute atomic E-state index is 0.225. The van der Waals surface area contributed by atoms with Crippen molar-refractivity contribution in [1.82, 2.24) is 0 Å². The minimum Gasteiger partial charge on any atom is -0.478 e. The van der Waals surface area contributed by atoms with E-state index < -0.39 is 5.97 Å². The Hall–Kier alpha value is -1.48. The summed E-state index contributed by atoms with van der Waals surface area (Å²) in [7, 11) is 0. The number of anilines is 1. The van der Waals surface area contributed by atoms with Gasteiger partial charge in [-0.2, -0.15) is 0 Å². The van der Waals surface area contributed by atoms with Gasteiger partial charge in [0.15, 0.2) is 0 Å². The van der Waals surface area contributed by atoms with E-state index >= 15 is 0 Å². The molecule has 0 radical (unpaired) electrons. The van der Waals surface area contributed by atoms with Gasteiger partial charge in [-0.15, -0.1) is 0 Å². The molecule has 17 heavy (non-hydrogen) atoms. The summed E-state index contributed by atoms with van der Waals surface area (Å²) in [5.74, 6) is -0.951. The van der Waals surface area contributed by atoms with Crippen molar-refractivity contribution in [3.8, 4) is 0 Å².